The van der Waals surface area contributed by atoms with Crippen LogP contribution in [0.3, 0.4) is 0 Å². The van der Waals surface area contributed by atoms with E-state index in [0.717, 1.165) is 48.5 Å². The molecule has 1 fully saturated rings. The van der Waals surface area contributed by atoms with Gasteiger partial charge in [0.1, 0.15) is 11.6 Å². The molecule has 0 saturated carbocycles. The zero-order valence-electron chi connectivity index (χ0n) is 15.0. The highest BCUT2D eigenvalue weighted by atomic mass is 16.3. The number of H-pyrrole nitrogens is 1. The molecule has 1 aliphatic heterocycles. The maximum Gasteiger partial charge on any atom is 0.221 e. The van der Waals surface area contributed by atoms with E-state index in [9.17, 15) is 4.79 Å². The first kappa shape index (κ1) is 16.8. The second-order valence-electron chi connectivity index (χ2n) is 6.89. The number of carbonyl (C=O) groups excluding carboxylic acids is 1. The van der Waals surface area contributed by atoms with E-state index in [-0.39, 0.29) is 11.9 Å². The lowest BCUT2D eigenvalue weighted by molar-refractivity contribution is -0.121. The molecule has 0 radical (unpaired) electrons. The summed E-state index contributed by atoms with van der Waals surface area (Å²) in [7, 11) is 0. The molecule has 1 aromatic carbocycles. The van der Waals surface area contributed by atoms with Gasteiger partial charge in [-0.3, -0.25) is 9.69 Å². The van der Waals surface area contributed by atoms with Gasteiger partial charge in [-0.05, 0) is 50.1 Å². The minimum Gasteiger partial charge on any atom is -0.467 e. The number of nitrogens with one attached hydrogen (secondary N) is 2. The number of benzene rings is 1. The maximum absolute atomic E-state index is 12.1. The zero-order chi connectivity index (χ0) is 17.9. The van der Waals surface area contributed by atoms with Crippen molar-refractivity contribution in [1.82, 2.24) is 20.2 Å². The van der Waals surface area contributed by atoms with Crippen molar-refractivity contribution in [3.63, 3.8) is 0 Å². The first-order chi connectivity index (χ1) is 12.7. The number of likely N-dealkylation sites (tertiary alicyclic amines) is 1. The SMILES string of the molecule is Cc1cccc2[nH]c([C@H]3CCCN3CCC(=O)NCc3ccco3)nc12. The number of hydrogen-bond donors (Lipinski definition) is 2. The third-order valence-electron chi connectivity index (χ3n) is 5.08. The molecule has 2 aromatic heterocycles. The Morgan fingerprint density at radius 3 is 3.12 bits per heavy atom. The Kier molecular flexibility index (Phi) is 4.75. The van der Waals surface area contributed by atoms with Gasteiger partial charge in [0.25, 0.3) is 0 Å². The molecular weight excluding hydrogens is 328 g/mol. The number of nitrogens with zero attached hydrogens (tertiary/aromatic N) is 2. The average molecular weight is 352 g/mol. The van der Waals surface area contributed by atoms with E-state index in [0.29, 0.717) is 13.0 Å². The van der Waals surface area contributed by atoms with Crippen LogP contribution in [0.4, 0.5) is 0 Å². The largest absolute Gasteiger partial charge is 0.467 e. The van der Waals surface area contributed by atoms with Crippen molar-refractivity contribution < 1.29 is 9.21 Å². The second kappa shape index (κ2) is 7.33. The molecule has 4 rings (SSSR count). The van der Waals surface area contributed by atoms with Crippen LogP contribution in [0.15, 0.2) is 41.0 Å². The molecule has 0 aliphatic carbocycles. The fourth-order valence-corrected chi connectivity index (χ4v) is 3.69. The predicted octanol–water partition coefficient (Wildman–Crippen LogP) is 3.31. The van der Waals surface area contributed by atoms with Gasteiger partial charge < -0.3 is 14.7 Å². The Bertz CT molecular complexity index is 884. The molecule has 136 valence electrons. The van der Waals surface area contributed by atoms with E-state index in [1.165, 1.54) is 5.56 Å². The van der Waals surface area contributed by atoms with Crippen LogP contribution in [0, 0.1) is 6.92 Å². The number of amides is 1. The van der Waals surface area contributed by atoms with Crippen LogP contribution >= 0.6 is 0 Å². The topological polar surface area (TPSA) is 74.2 Å². The zero-order valence-corrected chi connectivity index (χ0v) is 15.0. The summed E-state index contributed by atoms with van der Waals surface area (Å²) in [6.07, 6.45) is 4.31. The fraction of sp³-hybridized carbons (Fsp3) is 0.400. The highest BCUT2D eigenvalue weighted by Crippen LogP contribution is 2.31. The first-order valence-electron chi connectivity index (χ1n) is 9.19. The van der Waals surface area contributed by atoms with Crippen LogP contribution in [0.5, 0.6) is 0 Å². The maximum atomic E-state index is 12.1. The van der Waals surface area contributed by atoms with E-state index in [4.69, 9.17) is 9.40 Å². The quantitative estimate of drug-likeness (QED) is 0.714. The van der Waals surface area contributed by atoms with E-state index >= 15 is 0 Å². The van der Waals surface area contributed by atoms with Crippen LogP contribution in [0.2, 0.25) is 0 Å². The number of aromatic amines is 1. The normalized spacial score (nSPS) is 17.8. The van der Waals surface area contributed by atoms with Gasteiger partial charge in [-0.2, -0.15) is 0 Å². The van der Waals surface area contributed by atoms with Crippen LogP contribution in [0.1, 0.15) is 42.5 Å². The summed E-state index contributed by atoms with van der Waals surface area (Å²) in [5.41, 5.74) is 3.32. The molecule has 2 N–H and O–H groups in total. The summed E-state index contributed by atoms with van der Waals surface area (Å²) < 4.78 is 5.24. The van der Waals surface area contributed by atoms with Gasteiger partial charge in [0, 0.05) is 13.0 Å². The number of carbonyl (C=O) groups is 1. The number of para-hydroxylation sites is 1. The predicted molar refractivity (Wildman–Crippen MR) is 99.6 cm³/mol. The highest BCUT2D eigenvalue weighted by molar-refractivity contribution is 5.78. The Morgan fingerprint density at radius 1 is 1.38 bits per heavy atom. The van der Waals surface area contributed by atoms with Gasteiger partial charge in [-0.1, -0.05) is 12.1 Å². The molecule has 0 spiro atoms. The Hall–Kier alpha value is -2.60. The number of aromatic nitrogens is 2. The van der Waals surface area contributed by atoms with Gasteiger partial charge in [-0.15, -0.1) is 0 Å². The molecule has 6 nitrogen and oxygen atoms in total. The van der Waals surface area contributed by atoms with Crippen molar-refractivity contribution in [2.45, 2.75) is 38.8 Å². The Morgan fingerprint density at radius 2 is 2.31 bits per heavy atom. The van der Waals surface area contributed by atoms with E-state index < -0.39 is 0 Å². The molecule has 0 unspecified atom stereocenters. The Labute approximate surface area is 152 Å². The smallest absolute Gasteiger partial charge is 0.221 e. The molecule has 1 aliphatic rings. The van der Waals surface area contributed by atoms with Gasteiger partial charge in [0.05, 0.1) is 29.9 Å². The summed E-state index contributed by atoms with van der Waals surface area (Å²) in [6, 6.07) is 10.2. The fourth-order valence-electron chi connectivity index (χ4n) is 3.69. The third kappa shape index (κ3) is 3.51. The van der Waals surface area contributed by atoms with E-state index in [2.05, 4.69) is 40.3 Å². The number of fused-ring (bicyclic) bond motifs is 1. The lowest BCUT2D eigenvalue weighted by atomic mass is 10.2. The van der Waals surface area contributed by atoms with Crippen LogP contribution in [0.25, 0.3) is 11.0 Å². The minimum absolute atomic E-state index is 0.0486. The molecule has 3 heterocycles. The molecule has 0 bridgehead atoms. The van der Waals surface area contributed by atoms with Crippen LogP contribution < -0.4 is 5.32 Å². The lowest BCUT2D eigenvalue weighted by Crippen LogP contribution is -2.30. The number of imidazole rings is 1. The van der Waals surface area contributed by atoms with Crippen molar-refractivity contribution in [3.05, 3.63) is 53.7 Å². The molecule has 6 heteroatoms. The monoisotopic (exact) mass is 352 g/mol. The van der Waals surface area contributed by atoms with Crippen LogP contribution in [-0.2, 0) is 11.3 Å². The van der Waals surface area contributed by atoms with Crippen molar-refractivity contribution in [2.75, 3.05) is 13.1 Å². The van der Waals surface area contributed by atoms with Crippen LogP contribution in [-0.4, -0.2) is 33.9 Å². The molecule has 3 aromatic rings. The minimum atomic E-state index is 0.0486. The van der Waals surface area contributed by atoms with Gasteiger partial charge in [0.2, 0.25) is 5.91 Å². The van der Waals surface area contributed by atoms with Crippen molar-refractivity contribution in [3.8, 4) is 0 Å². The molecule has 1 saturated heterocycles. The second-order valence-corrected chi connectivity index (χ2v) is 6.89. The molecule has 1 amide bonds. The number of aryl methyl sites for hydroxylation is 1. The summed E-state index contributed by atoms with van der Waals surface area (Å²) in [4.78, 5) is 22.8. The lowest BCUT2D eigenvalue weighted by Gasteiger charge is -2.22. The summed E-state index contributed by atoms with van der Waals surface area (Å²) in [5, 5.41) is 2.91. The number of furan rings is 1. The van der Waals surface area contributed by atoms with Crippen molar-refractivity contribution in [1.29, 1.82) is 0 Å². The van der Waals surface area contributed by atoms with Gasteiger partial charge >= 0.3 is 0 Å². The average Bonchev–Trinajstić information content (AvgIpc) is 3.37. The molecule has 1 atom stereocenters. The Balaban J connectivity index is 1.37. The van der Waals surface area contributed by atoms with Gasteiger partial charge in [-0.25, -0.2) is 4.98 Å². The summed E-state index contributed by atoms with van der Waals surface area (Å²) in [5.74, 6) is 1.84. The van der Waals surface area contributed by atoms with Crippen molar-refractivity contribution >= 4 is 16.9 Å². The molecule has 26 heavy (non-hydrogen) atoms. The van der Waals surface area contributed by atoms with E-state index in [1.807, 2.05) is 12.1 Å². The number of hydrogen-bond acceptors (Lipinski definition) is 4. The summed E-state index contributed by atoms with van der Waals surface area (Å²) in [6.45, 7) is 4.28. The van der Waals surface area contributed by atoms with E-state index in [1.54, 1.807) is 6.26 Å². The first-order valence-corrected chi connectivity index (χ1v) is 9.19. The third-order valence-corrected chi connectivity index (χ3v) is 5.08. The standard InChI is InChI=1S/C20H24N4O2/c1-14-5-2-7-16-19(14)23-20(22-16)17-8-3-10-24(17)11-9-18(25)21-13-15-6-4-12-26-15/h2,4-7,12,17H,3,8-11,13H2,1H3,(H,21,25)(H,22,23)/t17-/m1/s1. The molecular formula is C20H24N4O2. The number of rotatable bonds is 6. The highest BCUT2D eigenvalue weighted by Gasteiger charge is 2.28. The summed E-state index contributed by atoms with van der Waals surface area (Å²) >= 11 is 0. The van der Waals surface area contributed by atoms with Gasteiger partial charge in [0.15, 0.2) is 0 Å². The van der Waals surface area contributed by atoms with Crippen molar-refractivity contribution in [2.24, 2.45) is 0 Å².